The molecule has 0 aromatic heterocycles. The van der Waals surface area contributed by atoms with Gasteiger partial charge < -0.3 is 15.3 Å². The Balaban J connectivity index is 1.63. The van der Waals surface area contributed by atoms with E-state index in [1.54, 1.807) is 29.2 Å². The number of amides is 2. The normalized spacial score (nSPS) is 14.3. The summed E-state index contributed by atoms with van der Waals surface area (Å²) in [5.41, 5.74) is 0.939. The van der Waals surface area contributed by atoms with E-state index < -0.39 is 17.3 Å². The van der Waals surface area contributed by atoms with Crippen molar-refractivity contribution in [1.82, 2.24) is 0 Å². The van der Waals surface area contributed by atoms with Crippen LogP contribution in [0, 0.1) is 5.41 Å². The first-order valence-corrected chi connectivity index (χ1v) is 8.95. The van der Waals surface area contributed by atoms with Crippen LogP contribution in [0.1, 0.15) is 25.3 Å². The number of rotatable bonds is 7. The van der Waals surface area contributed by atoms with Crippen LogP contribution in [0.2, 0.25) is 0 Å². The van der Waals surface area contributed by atoms with Crippen LogP contribution in [0.15, 0.2) is 54.6 Å². The highest BCUT2D eigenvalue weighted by Gasteiger charge is 2.57. The van der Waals surface area contributed by atoms with E-state index in [0.717, 1.165) is 11.3 Å². The number of nitrogens with zero attached hydrogens (tertiary/aromatic N) is 1. The zero-order chi connectivity index (χ0) is 19.4. The zero-order valence-corrected chi connectivity index (χ0v) is 15.1. The Morgan fingerprint density at radius 1 is 1.04 bits per heavy atom. The average Bonchev–Trinajstić information content (AvgIpc) is 3.47. The number of carboxylic acid groups (broad SMARTS) is 1. The molecule has 1 saturated carbocycles. The summed E-state index contributed by atoms with van der Waals surface area (Å²) in [7, 11) is 0. The van der Waals surface area contributed by atoms with Gasteiger partial charge in [-0.25, -0.2) is 0 Å². The first-order valence-electron chi connectivity index (χ1n) is 8.95. The molecule has 2 aromatic carbocycles. The van der Waals surface area contributed by atoms with Crippen molar-refractivity contribution in [1.29, 1.82) is 0 Å². The summed E-state index contributed by atoms with van der Waals surface area (Å²) in [5.74, 6) is -1.58. The molecule has 0 atom stereocenters. The van der Waals surface area contributed by atoms with Crippen LogP contribution in [-0.2, 0) is 20.8 Å². The van der Waals surface area contributed by atoms with E-state index in [9.17, 15) is 14.4 Å². The Kier molecular flexibility index (Phi) is 5.26. The van der Waals surface area contributed by atoms with Crippen LogP contribution in [-0.4, -0.2) is 29.4 Å². The van der Waals surface area contributed by atoms with E-state index >= 15 is 0 Å². The maximum atomic E-state index is 12.6. The predicted octanol–water partition coefficient (Wildman–Crippen LogP) is 3.09. The molecule has 0 bridgehead atoms. The first kappa shape index (κ1) is 18.6. The van der Waals surface area contributed by atoms with Gasteiger partial charge in [-0.3, -0.25) is 14.4 Å². The Morgan fingerprint density at radius 2 is 1.67 bits per heavy atom. The second kappa shape index (κ2) is 7.61. The molecule has 0 saturated heterocycles. The molecule has 0 unspecified atom stereocenters. The lowest BCUT2D eigenvalue weighted by molar-refractivity contribution is -0.147. The molecule has 2 aromatic rings. The number of nitrogens with one attached hydrogen (secondary N) is 1. The van der Waals surface area contributed by atoms with Crippen LogP contribution >= 0.6 is 0 Å². The Labute approximate surface area is 157 Å². The van der Waals surface area contributed by atoms with E-state index in [0.29, 0.717) is 25.1 Å². The van der Waals surface area contributed by atoms with Gasteiger partial charge in [-0.15, -0.1) is 0 Å². The minimum Gasteiger partial charge on any atom is -0.480 e. The van der Waals surface area contributed by atoms with Gasteiger partial charge in [0.2, 0.25) is 11.8 Å². The second-order valence-electron chi connectivity index (χ2n) is 6.69. The highest BCUT2D eigenvalue weighted by Crippen LogP contribution is 2.46. The van der Waals surface area contributed by atoms with E-state index in [2.05, 4.69) is 5.32 Å². The van der Waals surface area contributed by atoms with Crippen molar-refractivity contribution in [3.63, 3.8) is 0 Å². The number of hydrogen-bond acceptors (Lipinski definition) is 3. The molecule has 140 valence electrons. The highest BCUT2D eigenvalue weighted by atomic mass is 16.4. The third kappa shape index (κ3) is 4.00. The summed E-state index contributed by atoms with van der Waals surface area (Å²) in [6, 6.07) is 16.4. The highest BCUT2D eigenvalue weighted by molar-refractivity contribution is 6.10. The van der Waals surface area contributed by atoms with Crippen molar-refractivity contribution in [3.8, 4) is 0 Å². The SMILES string of the molecule is CCN(C(=O)Cc1ccc(NC(=O)C2(C(=O)O)CC2)cc1)c1ccccc1. The zero-order valence-electron chi connectivity index (χ0n) is 15.1. The van der Waals surface area contributed by atoms with Gasteiger partial charge in [-0.2, -0.15) is 0 Å². The Bertz CT molecular complexity index is 842. The fourth-order valence-electron chi connectivity index (χ4n) is 3.00. The fraction of sp³-hybridized carbons (Fsp3) is 0.286. The minimum atomic E-state index is -1.27. The van der Waals surface area contributed by atoms with Crippen LogP contribution in [0.25, 0.3) is 0 Å². The molecule has 1 fully saturated rings. The van der Waals surface area contributed by atoms with Crippen molar-refractivity contribution >= 4 is 29.2 Å². The largest absolute Gasteiger partial charge is 0.480 e. The van der Waals surface area contributed by atoms with Gasteiger partial charge in [-0.05, 0) is 49.6 Å². The first-order chi connectivity index (χ1) is 13.0. The Morgan fingerprint density at radius 3 is 2.19 bits per heavy atom. The fourth-order valence-corrected chi connectivity index (χ4v) is 3.00. The topological polar surface area (TPSA) is 86.7 Å². The van der Waals surface area contributed by atoms with Crippen molar-refractivity contribution in [3.05, 3.63) is 60.2 Å². The number of likely N-dealkylation sites (N-methyl/N-ethyl adjacent to an activating group) is 1. The molecule has 6 heteroatoms. The molecule has 3 rings (SSSR count). The molecule has 0 spiro atoms. The van der Waals surface area contributed by atoms with E-state index in [4.69, 9.17) is 5.11 Å². The van der Waals surface area contributed by atoms with Gasteiger partial charge in [0.05, 0.1) is 6.42 Å². The summed E-state index contributed by atoms with van der Waals surface area (Å²) in [6.07, 6.45) is 0.982. The number of aliphatic carboxylic acids is 1. The third-order valence-corrected chi connectivity index (χ3v) is 4.85. The van der Waals surface area contributed by atoms with Gasteiger partial charge in [0.25, 0.3) is 0 Å². The van der Waals surface area contributed by atoms with Gasteiger partial charge in [-0.1, -0.05) is 30.3 Å². The van der Waals surface area contributed by atoms with Gasteiger partial charge in [0, 0.05) is 17.9 Å². The molecule has 0 aliphatic heterocycles. The summed E-state index contributed by atoms with van der Waals surface area (Å²) in [6.45, 7) is 2.51. The van der Waals surface area contributed by atoms with Crippen LogP contribution < -0.4 is 10.2 Å². The summed E-state index contributed by atoms with van der Waals surface area (Å²) in [4.78, 5) is 37.7. The summed E-state index contributed by atoms with van der Waals surface area (Å²) < 4.78 is 0. The average molecular weight is 366 g/mol. The number of benzene rings is 2. The maximum Gasteiger partial charge on any atom is 0.319 e. The molecular weight excluding hydrogens is 344 g/mol. The molecule has 1 aliphatic rings. The predicted molar refractivity (Wildman–Crippen MR) is 103 cm³/mol. The molecule has 0 heterocycles. The number of carboxylic acids is 1. The standard InChI is InChI=1S/C21H22N2O4/c1-2-23(17-6-4-3-5-7-17)18(24)14-15-8-10-16(11-9-15)22-19(25)21(12-13-21)20(26)27/h3-11H,2,12-14H2,1H3,(H,22,25)(H,26,27). The molecular formula is C21H22N2O4. The molecule has 1 aliphatic carbocycles. The quantitative estimate of drug-likeness (QED) is 0.737. The van der Waals surface area contributed by atoms with Crippen LogP contribution in [0.4, 0.5) is 11.4 Å². The monoisotopic (exact) mass is 366 g/mol. The van der Waals surface area contributed by atoms with E-state index in [1.807, 2.05) is 37.3 Å². The lowest BCUT2D eigenvalue weighted by atomic mass is 10.1. The minimum absolute atomic E-state index is 0.0108. The number of carbonyl (C=O) groups excluding carboxylic acids is 2. The van der Waals surface area contributed by atoms with Crippen LogP contribution in [0.3, 0.4) is 0 Å². The molecule has 27 heavy (non-hydrogen) atoms. The van der Waals surface area contributed by atoms with Crippen LogP contribution in [0.5, 0.6) is 0 Å². The number of carbonyl (C=O) groups is 3. The third-order valence-electron chi connectivity index (χ3n) is 4.85. The van der Waals surface area contributed by atoms with Gasteiger partial charge in [0.1, 0.15) is 5.41 Å². The van der Waals surface area contributed by atoms with Crippen molar-refractivity contribution in [2.45, 2.75) is 26.2 Å². The summed E-state index contributed by atoms with van der Waals surface area (Å²) in [5, 5.41) is 11.8. The van der Waals surface area contributed by atoms with Crippen molar-refractivity contribution < 1.29 is 19.5 Å². The smallest absolute Gasteiger partial charge is 0.319 e. The maximum absolute atomic E-state index is 12.6. The van der Waals surface area contributed by atoms with Gasteiger partial charge >= 0.3 is 5.97 Å². The molecule has 2 N–H and O–H groups in total. The van der Waals surface area contributed by atoms with Crippen molar-refractivity contribution in [2.75, 3.05) is 16.8 Å². The molecule has 6 nitrogen and oxygen atoms in total. The van der Waals surface area contributed by atoms with Crippen molar-refractivity contribution in [2.24, 2.45) is 5.41 Å². The van der Waals surface area contributed by atoms with Gasteiger partial charge in [0.15, 0.2) is 0 Å². The Hall–Kier alpha value is -3.15. The lowest BCUT2D eigenvalue weighted by Crippen LogP contribution is -2.32. The molecule has 2 amide bonds. The van der Waals surface area contributed by atoms with E-state index in [1.165, 1.54) is 0 Å². The number of para-hydroxylation sites is 1. The van der Waals surface area contributed by atoms with E-state index in [-0.39, 0.29) is 12.3 Å². The number of anilines is 2. The second-order valence-corrected chi connectivity index (χ2v) is 6.69. The number of hydrogen-bond donors (Lipinski definition) is 2. The molecule has 0 radical (unpaired) electrons. The summed E-state index contributed by atoms with van der Waals surface area (Å²) >= 11 is 0. The lowest BCUT2D eigenvalue weighted by Gasteiger charge is -2.21.